The largest absolute Gasteiger partial charge is 0.278 e. The third-order valence-corrected chi connectivity index (χ3v) is 3.67. The highest BCUT2D eigenvalue weighted by Crippen LogP contribution is 2.27. The highest BCUT2D eigenvalue weighted by Gasteiger charge is 2.10. The standard InChI is InChI=1S/C14H9N3O2S/c18-17(19)12-7-3-1-5-10(12)9-15-14-16-11-6-2-4-8-13(11)20-14/h1-9H. The lowest BCUT2D eigenvalue weighted by Gasteiger charge is -1.94. The fraction of sp³-hybridized carbons (Fsp3) is 0. The van der Waals surface area contributed by atoms with Crippen LogP contribution in [0, 0.1) is 10.1 Å². The molecule has 6 heteroatoms. The van der Waals surface area contributed by atoms with E-state index in [0.717, 1.165) is 10.2 Å². The Bertz CT molecular complexity index is 778. The first-order chi connectivity index (χ1) is 9.74. The summed E-state index contributed by atoms with van der Waals surface area (Å²) in [5.41, 5.74) is 1.39. The Morgan fingerprint density at radius 3 is 2.70 bits per heavy atom. The van der Waals surface area contributed by atoms with Crippen LogP contribution in [0.3, 0.4) is 0 Å². The highest BCUT2D eigenvalue weighted by molar-refractivity contribution is 7.22. The summed E-state index contributed by atoms with van der Waals surface area (Å²) in [5, 5.41) is 11.5. The molecule has 3 aromatic rings. The van der Waals surface area contributed by atoms with Crippen molar-refractivity contribution in [2.24, 2.45) is 4.99 Å². The van der Waals surface area contributed by atoms with Crippen LogP contribution in [0.1, 0.15) is 5.56 Å². The fourth-order valence-electron chi connectivity index (χ4n) is 1.80. The molecule has 2 aromatic carbocycles. The van der Waals surface area contributed by atoms with Gasteiger partial charge < -0.3 is 0 Å². The van der Waals surface area contributed by atoms with Crippen LogP contribution in [0.2, 0.25) is 0 Å². The Morgan fingerprint density at radius 2 is 1.90 bits per heavy atom. The van der Waals surface area contributed by atoms with Gasteiger partial charge in [-0.3, -0.25) is 10.1 Å². The van der Waals surface area contributed by atoms with E-state index in [4.69, 9.17) is 0 Å². The minimum absolute atomic E-state index is 0.0392. The molecule has 0 aliphatic carbocycles. The molecule has 1 heterocycles. The first-order valence-corrected chi connectivity index (χ1v) is 6.69. The molecule has 0 spiro atoms. The molecule has 20 heavy (non-hydrogen) atoms. The zero-order chi connectivity index (χ0) is 13.9. The van der Waals surface area contributed by atoms with Crippen molar-refractivity contribution in [2.45, 2.75) is 0 Å². The van der Waals surface area contributed by atoms with Crippen LogP contribution in [-0.4, -0.2) is 16.1 Å². The van der Waals surface area contributed by atoms with E-state index in [2.05, 4.69) is 9.98 Å². The number of aromatic nitrogens is 1. The molecule has 0 saturated heterocycles. The Kier molecular flexibility index (Phi) is 3.22. The summed E-state index contributed by atoms with van der Waals surface area (Å²) >= 11 is 1.45. The maximum absolute atomic E-state index is 10.9. The van der Waals surface area contributed by atoms with E-state index < -0.39 is 4.92 Å². The first kappa shape index (κ1) is 12.4. The number of para-hydroxylation sites is 2. The predicted molar refractivity (Wildman–Crippen MR) is 80.0 cm³/mol. The average molecular weight is 283 g/mol. The number of aliphatic imine (C=N–C) groups is 1. The third kappa shape index (κ3) is 2.41. The van der Waals surface area contributed by atoms with Crippen molar-refractivity contribution >= 4 is 38.6 Å². The first-order valence-electron chi connectivity index (χ1n) is 5.87. The summed E-state index contributed by atoms with van der Waals surface area (Å²) < 4.78 is 1.04. The van der Waals surface area contributed by atoms with E-state index in [-0.39, 0.29) is 5.69 Å². The summed E-state index contributed by atoms with van der Waals surface area (Å²) in [5.74, 6) is 0. The highest BCUT2D eigenvalue weighted by atomic mass is 32.1. The quantitative estimate of drug-likeness (QED) is 0.415. The lowest BCUT2D eigenvalue weighted by atomic mass is 10.2. The van der Waals surface area contributed by atoms with Crippen molar-refractivity contribution in [3.63, 3.8) is 0 Å². The molecule has 0 amide bonds. The number of hydrogen-bond donors (Lipinski definition) is 0. The monoisotopic (exact) mass is 283 g/mol. The molecular weight excluding hydrogens is 274 g/mol. The van der Waals surface area contributed by atoms with Gasteiger partial charge in [-0.2, -0.15) is 0 Å². The Morgan fingerprint density at radius 1 is 1.15 bits per heavy atom. The van der Waals surface area contributed by atoms with Crippen molar-refractivity contribution in [1.29, 1.82) is 0 Å². The maximum Gasteiger partial charge on any atom is 0.278 e. The molecule has 1 aromatic heterocycles. The van der Waals surface area contributed by atoms with Crippen LogP contribution in [0.15, 0.2) is 53.5 Å². The number of thiazole rings is 1. The van der Waals surface area contributed by atoms with Crippen LogP contribution >= 0.6 is 11.3 Å². The molecule has 0 bridgehead atoms. The zero-order valence-corrected chi connectivity index (χ0v) is 11.1. The van der Waals surface area contributed by atoms with Crippen LogP contribution in [0.4, 0.5) is 10.8 Å². The normalized spacial score (nSPS) is 11.2. The molecule has 3 rings (SSSR count). The molecule has 0 aliphatic rings. The fourth-order valence-corrected chi connectivity index (χ4v) is 2.61. The van der Waals surface area contributed by atoms with Gasteiger partial charge in [0.05, 0.1) is 20.7 Å². The topological polar surface area (TPSA) is 68.4 Å². The van der Waals surface area contributed by atoms with Gasteiger partial charge in [-0.15, -0.1) is 0 Å². The van der Waals surface area contributed by atoms with E-state index >= 15 is 0 Å². The van der Waals surface area contributed by atoms with Gasteiger partial charge in [0.15, 0.2) is 0 Å². The Labute approximate surface area is 118 Å². The number of benzene rings is 2. The number of nitro benzene ring substituents is 1. The van der Waals surface area contributed by atoms with Gasteiger partial charge >= 0.3 is 0 Å². The molecule has 0 saturated carbocycles. The molecule has 0 aliphatic heterocycles. The van der Waals surface area contributed by atoms with Gasteiger partial charge in [0.2, 0.25) is 5.13 Å². The minimum Gasteiger partial charge on any atom is -0.258 e. The number of hydrogen-bond acceptors (Lipinski definition) is 5. The molecule has 0 N–H and O–H groups in total. The number of nitrogens with zero attached hydrogens (tertiary/aromatic N) is 3. The molecule has 0 unspecified atom stereocenters. The average Bonchev–Trinajstić information content (AvgIpc) is 2.88. The summed E-state index contributed by atoms with van der Waals surface area (Å²) in [6, 6.07) is 14.2. The third-order valence-electron chi connectivity index (χ3n) is 2.73. The second-order valence-corrected chi connectivity index (χ2v) is 5.05. The van der Waals surface area contributed by atoms with Crippen molar-refractivity contribution in [3.05, 3.63) is 64.2 Å². The summed E-state index contributed by atoms with van der Waals surface area (Å²) in [7, 11) is 0. The summed E-state index contributed by atoms with van der Waals surface area (Å²) in [6.45, 7) is 0. The minimum atomic E-state index is -0.417. The van der Waals surface area contributed by atoms with Crippen LogP contribution in [0.5, 0.6) is 0 Å². The zero-order valence-electron chi connectivity index (χ0n) is 10.3. The maximum atomic E-state index is 10.9. The Balaban J connectivity index is 1.96. The molecule has 0 atom stereocenters. The van der Waals surface area contributed by atoms with E-state index in [9.17, 15) is 10.1 Å². The van der Waals surface area contributed by atoms with Crippen LogP contribution in [-0.2, 0) is 0 Å². The van der Waals surface area contributed by atoms with Gasteiger partial charge in [-0.05, 0) is 18.2 Å². The Hall–Kier alpha value is -2.60. The van der Waals surface area contributed by atoms with E-state index in [0.29, 0.717) is 10.7 Å². The van der Waals surface area contributed by atoms with Crippen molar-refractivity contribution in [1.82, 2.24) is 4.98 Å². The van der Waals surface area contributed by atoms with Crippen LogP contribution < -0.4 is 0 Å². The van der Waals surface area contributed by atoms with E-state index in [1.54, 1.807) is 18.2 Å². The van der Waals surface area contributed by atoms with Crippen molar-refractivity contribution in [2.75, 3.05) is 0 Å². The molecule has 0 fully saturated rings. The lowest BCUT2D eigenvalue weighted by Crippen LogP contribution is -1.93. The summed E-state index contributed by atoms with van der Waals surface area (Å²) in [6.07, 6.45) is 1.48. The molecule has 5 nitrogen and oxygen atoms in total. The van der Waals surface area contributed by atoms with Gasteiger partial charge in [0, 0.05) is 12.3 Å². The molecule has 98 valence electrons. The second-order valence-electron chi connectivity index (χ2n) is 4.04. The summed E-state index contributed by atoms with van der Waals surface area (Å²) in [4.78, 5) is 19.1. The van der Waals surface area contributed by atoms with Gasteiger partial charge in [0.25, 0.3) is 5.69 Å². The molecular formula is C14H9N3O2S. The van der Waals surface area contributed by atoms with Crippen molar-refractivity contribution in [3.8, 4) is 0 Å². The number of rotatable bonds is 3. The van der Waals surface area contributed by atoms with E-state index in [1.165, 1.54) is 23.6 Å². The van der Waals surface area contributed by atoms with Crippen LogP contribution in [0.25, 0.3) is 10.2 Å². The SMILES string of the molecule is O=[N+]([O-])c1ccccc1C=Nc1nc2ccccc2s1. The number of nitro groups is 1. The van der Waals surface area contributed by atoms with E-state index in [1.807, 2.05) is 24.3 Å². The smallest absolute Gasteiger partial charge is 0.258 e. The van der Waals surface area contributed by atoms with Gasteiger partial charge in [0.1, 0.15) is 0 Å². The van der Waals surface area contributed by atoms with Gasteiger partial charge in [-0.25, -0.2) is 9.98 Å². The number of fused-ring (bicyclic) bond motifs is 1. The van der Waals surface area contributed by atoms with Gasteiger partial charge in [-0.1, -0.05) is 35.6 Å². The predicted octanol–water partition coefficient (Wildman–Crippen LogP) is 3.96. The van der Waals surface area contributed by atoms with Crippen molar-refractivity contribution < 1.29 is 4.92 Å². The molecule has 0 radical (unpaired) electrons. The lowest BCUT2D eigenvalue weighted by molar-refractivity contribution is -0.385. The second kappa shape index (κ2) is 5.18.